The van der Waals surface area contributed by atoms with Crippen LogP contribution in [0.15, 0.2) is 22.8 Å². The van der Waals surface area contributed by atoms with E-state index in [1.165, 1.54) is 12.8 Å². The highest BCUT2D eigenvalue weighted by atomic mass is 127. The van der Waals surface area contributed by atoms with Gasteiger partial charge in [0.25, 0.3) is 0 Å². The number of nitrogens with zero attached hydrogens (tertiary/aromatic N) is 3. The van der Waals surface area contributed by atoms with Crippen molar-refractivity contribution in [1.29, 1.82) is 0 Å². The van der Waals surface area contributed by atoms with Crippen LogP contribution in [0.5, 0.6) is 0 Å². The van der Waals surface area contributed by atoms with Crippen molar-refractivity contribution in [3.63, 3.8) is 0 Å². The van der Waals surface area contributed by atoms with Crippen molar-refractivity contribution in [2.45, 2.75) is 26.3 Å². The highest BCUT2D eigenvalue weighted by Crippen LogP contribution is 2.27. The number of hydrogen-bond acceptors (Lipinski definition) is 3. The first-order chi connectivity index (χ1) is 9.35. The maximum absolute atomic E-state index is 4.58. The molecule has 0 amide bonds. The van der Waals surface area contributed by atoms with E-state index in [1.54, 1.807) is 11.3 Å². The molecule has 1 aliphatic rings. The highest BCUT2D eigenvalue weighted by molar-refractivity contribution is 14.0. The van der Waals surface area contributed by atoms with Crippen LogP contribution in [0.3, 0.4) is 0 Å². The van der Waals surface area contributed by atoms with Crippen molar-refractivity contribution in [3.05, 3.63) is 23.5 Å². The van der Waals surface area contributed by atoms with Gasteiger partial charge in [-0.15, -0.1) is 35.3 Å². The SMILES string of the molecule is CCNC(=NCc1cn2ccsc2n1)NCC1CC1.I. The average Bonchev–Trinajstić information content (AvgIpc) is 2.99. The number of hydrogen-bond donors (Lipinski definition) is 2. The second-order valence-electron chi connectivity index (χ2n) is 4.84. The third-order valence-corrected chi connectivity index (χ3v) is 3.91. The maximum Gasteiger partial charge on any atom is 0.193 e. The van der Waals surface area contributed by atoms with E-state index in [-0.39, 0.29) is 24.0 Å². The minimum absolute atomic E-state index is 0. The second-order valence-corrected chi connectivity index (χ2v) is 5.72. The second kappa shape index (κ2) is 7.26. The summed E-state index contributed by atoms with van der Waals surface area (Å²) in [6.07, 6.45) is 6.77. The Labute approximate surface area is 139 Å². The number of aliphatic imine (C=N–C) groups is 1. The van der Waals surface area contributed by atoms with E-state index < -0.39 is 0 Å². The lowest BCUT2D eigenvalue weighted by molar-refractivity contribution is 0.738. The Hall–Kier alpha value is -0.830. The minimum atomic E-state index is 0. The monoisotopic (exact) mass is 405 g/mol. The zero-order valence-corrected chi connectivity index (χ0v) is 14.6. The summed E-state index contributed by atoms with van der Waals surface area (Å²) >= 11 is 1.65. The quantitative estimate of drug-likeness (QED) is 0.457. The smallest absolute Gasteiger partial charge is 0.193 e. The van der Waals surface area contributed by atoms with Gasteiger partial charge in [0.1, 0.15) is 0 Å². The van der Waals surface area contributed by atoms with Crippen molar-refractivity contribution >= 4 is 46.2 Å². The van der Waals surface area contributed by atoms with Gasteiger partial charge < -0.3 is 10.6 Å². The summed E-state index contributed by atoms with van der Waals surface area (Å²) in [4.78, 5) is 10.1. The molecule has 7 heteroatoms. The minimum Gasteiger partial charge on any atom is -0.357 e. The third kappa shape index (κ3) is 4.08. The fourth-order valence-electron chi connectivity index (χ4n) is 1.92. The summed E-state index contributed by atoms with van der Waals surface area (Å²) in [5.74, 6) is 1.74. The molecule has 20 heavy (non-hydrogen) atoms. The molecule has 1 fully saturated rings. The van der Waals surface area contributed by atoms with E-state index in [4.69, 9.17) is 0 Å². The first-order valence-electron chi connectivity index (χ1n) is 6.78. The summed E-state index contributed by atoms with van der Waals surface area (Å²) in [6.45, 7) is 4.62. The molecule has 0 spiro atoms. The van der Waals surface area contributed by atoms with E-state index >= 15 is 0 Å². The van der Waals surface area contributed by atoms with Crippen LogP contribution in [0.4, 0.5) is 0 Å². The van der Waals surface area contributed by atoms with Gasteiger partial charge >= 0.3 is 0 Å². The van der Waals surface area contributed by atoms with Gasteiger partial charge in [0.05, 0.1) is 12.2 Å². The standard InChI is InChI=1S/C13H19N5S.HI/c1-2-14-12(15-7-10-3-4-10)16-8-11-9-18-5-6-19-13(18)17-11;/h5-6,9-10H,2-4,7-8H2,1H3,(H2,14,15,16);1H. The van der Waals surface area contributed by atoms with Gasteiger partial charge in [-0.25, -0.2) is 9.98 Å². The number of imidazole rings is 1. The number of halogens is 1. The fraction of sp³-hybridized carbons (Fsp3) is 0.538. The van der Waals surface area contributed by atoms with Crippen molar-refractivity contribution in [1.82, 2.24) is 20.0 Å². The Morgan fingerprint density at radius 2 is 2.35 bits per heavy atom. The van der Waals surface area contributed by atoms with Gasteiger partial charge in [-0.05, 0) is 25.7 Å². The maximum atomic E-state index is 4.58. The molecule has 2 aromatic heterocycles. The molecule has 0 aromatic carbocycles. The van der Waals surface area contributed by atoms with Crippen molar-refractivity contribution in [3.8, 4) is 0 Å². The van der Waals surface area contributed by atoms with Crippen LogP contribution in [0.2, 0.25) is 0 Å². The summed E-state index contributed by atoms with van der Waals surface area (Å²) in [5.41, 5.74) is 1.01. The van der Waals surface area contributed by atoms with Crippen LogP contribution in [-0.2, 0) is 6.54 Å². The van der Waals surface area contributed by atoms with Gasteiger partial charge in [-0.3, -0.25) is 4.40 Å². The zero-order valence-electron chi connectivity index (χ0n) is 11.5. The van der Waals surface area contributed by atoms with Crippen molar-refractivity contribution < 1.29 is 0 Å². The molecule has 0 radical (unpaired) electrons. The summed E-state index contributed by atoms with van der Waals surface area (Å²) in [6, 6.07) is 0. The summed E-state index contributed by atoms with van der Waals surface area (Å²) in [5, 5.41) is 8.70. The third-order valence-electron chi connectivity index (χ3n) is 3.14. The molecular weight excluding hydrogens is 385 g/mol. The number of fused-ring (bicyclic) bond motifs is 1. The number of rotatable bonds is 5. The van der Waals surface area contributed by atoms with Crippen LogP contribution in [0, 0.1) is 5.92 Å². The Balaban J connectivity index is 0.00000147. The number of aromatic nitrogens is 2. The molecule has 5 nitrogen and oxygen atoms in total. The predicted octanol–water partition coefficient (Wildman–Crippen LogP) is 2.48. The van der Waals surface area contributed by atoms with Crippen LogP contribution >= 0.6 is 35.3 Å². The number of guanidine groups is 1. The molecule has 3 rings (SSSR count). The first kappa shape index (κ1) is 15.6. The Bertz CT molecular complexity index is 544. The highest BCUT2D eigenvalue weighted by Gasteiger charge is 2.21. The largest absolute Gasteiger partial charge is 0.357 e. The molecule has 0 aliphatic heterocycles. The summed E-state index contributed by atoms with van der Waals surface area (Å²) in [7, 11) is 0. The van der Waals surface area contributed by atoms with Crippen LogP contribution < -0.4 is 10.6 Å². The Morgan fingerprint density at radius 1 is 1.50 bits per heavy atom. The molecule has 2 heterocycles. The fourth-order valence-corrected chi connectivity index (χ4v) is 2.64. The zero-order chi connectivity index (χ0) is 13.1. The lowest BCUT2D eigenvalue weighted by Gasteiger charge is -2.10. The average molecular weight is 405 g/mol. The molecule has 0 unspecified atom stereocenters. The van der Waals surface area contributed by atoms with E-state index in [0.29, 0.717) is 6.54 Å². The Morgan fingerprint density at radius 3 is 3.05 bits per heavy atom. The number of nitrogens with one attached hydrogen (secondary N) is 2. The van der Waals surface area contributed by atoms with Gasteiger partial charge in [0, 0.05) is 30.9 Å². The van der Waals surface area contributed by atoms with Crippen molar-refractivity contribution in [2.75, 3.05) is 13.1 Å². The molecule has 1 saturated carbocycles. The Kier molecular flexibility index (Phi) is 5.64. The normalized spacial score (nSPS) is 15.2. The molecular formula is C13H20IN5S. The predicted molar refractivity (Wildman–Crippen MR) is 94.0 cm³/mol. The van der Waals surface area contributed by atoms with Gasteiger partial charge in [-0.1, -0.05) is 0 Å². The lowest BCUT2D eigenvalue weighted by Crippen LogP contribution is -2.38. The van der Waals surface area contributed by atoms with Gasteiger partial charge in [0.15, 0.2) is 10.9 Å². The topological polar surface area (TPSA) is 53.7 Å². The molecule has 110 valence electrons. The molecule has 0 bridgehead atoms. The van der Waals surface area contributed by atoms with Gasteiger partial charge in [-0.2, -0.15) is 0 Å². The molecule has 2 aromatic rings. The van der Waals surface area contributed by atoms with E-state index in [9.17, 15) is 0 Å². The molecule has 0 saturated heterocycles. The van der Waals surface area contributed by atoms with E-state index in [2.05, 4.69) is 27.5 Å². The number of thiazole rings is 1. The summed E-state index contributed by atoms with van der Waals surface area (Å²) < 4.78 is 2.04. The molecule has 0 atom stereocenters. The van der Waals surface area contributed by atoms with Crippen LogP contribution in [-0.4, -0.2) is 28.4 Å². The van der Waals surface area contributed by atoms with Gasteiger partial charge in [0.2, 0.25) is 0 Å². The van der Waals surface area contributed by atoms with Crippen molar-refractivity contribution in [2.24, 2.45) is 10.9 Å². The van der Waals surface area contributed by atoms with Crippen LogP contribution in [0.25, 0.3) is 4.96 Å². The van der Waals surface area contributed by atoms with E-state index in [0.717, 1.165) is 35.6 Å². The van der Waals surface area contributed by atoms with E-state index in [1.807, 2.05) is 22.2 Å². The molecule has 2 N–H and O–H groups in total. The lowest BCUT2D eigenvalue weighted by atomic mass is 10.4. The first-order valence-corrected chi connectivity index (χ1v) is 7.66. The van der Waals surface area contributed by atoms with Crippen LogP contribution in [0.1, 0.15) is 25.5 Å². The molecule has 1 aliphatic carbocycles.